The van der Waals surface area contributed by atoms with Crippen LogP contribution in [0.25, 0.3) is 5.76 Å². The Kier molecular flexibility index (Phi) is 5.61. The molecule has 1 heterocycles. The molecular weight excluding hydrogens is 465 g/mol. The van der Waals surface area contributed by atoms with Gasteiger partial charge in [-0.25, -0.2) is 4.39 Å². The van der Waals surface area contributed by atoms with Crippen LogP contribution in [0.15, 0.2) is 82.8 Å². The topological polar surface area (TPSA) is 77.8 Å². The SMILES string of the molecule is O=C1C(=O)N(Cc2ccc(F)cc2)C(c2cccc(O)c2)/C1=C(/O)c1ccc(Br)cc1. The normalized spacial score (nSPS) is 17.9. The van der Waals surface area contributed by atoms with Crippen LogP contribution in [0.4, 0.5) is 4.39 Å². The van der Waals surface area contributed by atoms with Gasteiger partial charge in [-0.15, -0.1) is 0 Å². The Bertz CT molecular complexity index is 1190. The van der Waals surface area contributed by atoms with Crippen molar-refractivity contribution < 1.29 is 24.2 Å². The number of benzene rings is 3. The maximum atomic E-state index is 13.3. The number of aromatic hydroxyl groups is 1. The van der Waals surface area contributed by atoms with Crippen LogP contribution in [0.2, 0.25) is 0 Å². The van der Waals surface area contributed by atoms with Crippen molar-refractivity contribution in [3.8, 4) is 5.75 Å². The van der Waals surface area contributed by atoms with Crippen LogP contribution in [0.5, 0.6) is 5.75 Å². The Hall–Kier alpha value is -3.45. The molecule has 0 bridgehead atoms. The van der Waals surface area contributed by atoms with Gasteiger partial charge >= 0.3 is 0 Å². The Balaban J connectivity index is 1.85. The van der Waals surface area contributed by atoms with Gasteiger partial charge < -0.3 is 15.1 Å². The first-order chi connectivity index (χ1) is 14.8. The summed E-state index contributed by atoms with van der Waals surface area (Å²) < 4.78 is 14.1. The second kappa shape index (κ2) is 8.35. The van der Waals surface area contributed by atoms with Crippen molar-refractivity contribution in [2.24, 2.45) is 0 Å². The van der Waals surface area contributed by atoms with E-state index < -0.39 is 23.5 Å². The van der Waals surface area contributed by atoms with Gasteiger partial charge in [0.1, 0.15) is 17.3 Å². The molecule has 0 spiro atoms. The predicted octanol–water partition coefficient (Wildman–Crippen LogP) is 4.92. The molecule has 0 aromatic heterocycles. The highest BCUT2D eigenvalue weighted by atomic mass is 79.9. The summed E-state index contributed by atoms with van der Waals surface area (Å²) in [5.74, 6) is -2.35. The number of Topliss-reactive ketones (excluding diaryl/α,β-unsaturated/α-hetero) is 1. The van der Waals surface area contributed by atoms with Gasteiger partial charge in [-0.1, -0.05) is 52.3 Å². The van der Waals surface area contributed by atoms with Crippen molar-refractivity contribution in [1.82, 2.24) is 4.90 Å². The van der Waals surface area contributed by atoms with Gasteiger partial charge in [0, 0.05) is 16.6 Å². The van der Waals surface area contributed by atoms with Crippen LogP contribution in [0.3, 0.4) is 0 Å². The summed E-state index contributed by atoms with van der Waals surface area (Å²) in [5.41, 5.74) is 1.41. The van der Waals surface area contributed by atoms with E-state index in [4.69, 9.17) is 0 Å². The van der Waals surface area contributed by atoms with Gasteiger partial charge in [-0.05, 0) is 47.5 Å². The van der Waals surface area contributed by atoms with E-state index in [0.29, 0.717) is 16.7 Å². The molecule has 1 fully saturated rings. The first kappa shape index (κ1) is 20.8. The molecule has 0 saturated carbocycles. The number of carbonyl (C=O) groups is 2. The molecule has 1 amide bonds. The van der Waals surface area contributed by atoms with Crippen LogP contribution < -0.4 is 0 Å². The zero-order chi connectivity index (χ0) is 22.1. The number of likely N-dealkylation sites (tertiary alicyclic amines) is 1. The minimum atomic E-state index is -0.916. The van der Waals surface area contributed by atoms with Gasteiger partial charge in [0.15, 0.2) is 0 Å². The standard InChI is InChI=1S/C24H17BrFNO4/c25-17-8-6-15(7-9-17)22(29)20-21(16-2-1-3-19(28)12-16)27(24(31)23(20)30)13-14-4-10-18(26)11-5-14/h1-12,21,28-29H,13H2/b22-20-. The van der Waals surface area contributed by atoms with Gasteiger partial charge in [-0.3, -0.25) is 9.59 Å². The summed E-state index contributed by atoms with van der Waals surface area (Å²) in [7, 11) is 0. The summed E-state index contributed by atoms with van der Waals surface area (Å²) in [6.45, 7) is 0.0301. The number of aliphatic hydroxyl groups is 1. The maximum absolute atomic E-state index is 13.3. The molecule has 1 aliphatic heterocycles. The summed E-state index contributed by atoms with van der Waals surface area (Å²) >= 11 is 3.33. The lowest BCUT2D eigenvalue weighted by molar-refractivity contribution is -0.140. The number of hydrogen-bond acceptors (Lipinski definition) is 4. The zero-order valence-corrected chi connectivity index (χ0v) is 17.7. The third-order valence-corrected chi connectivity index (χ3v) is 5.64. The van der Waals surface area contributed by atoms with Crippen LogP contribution in [0.1, 0.15) is 22.7 Å². The smallest absolute Gasteiger partial charge is 0.295 e. The molecule has 1 saturated heterocycles. The number of halogens is 2. The van der Waals surface area contributed by atoms with Crippen molar-refractivity contribution in [2.75, 3.05) is 0 Å². The van der Waals surface area contributed by atoms with Gasteiger partial charge in [0.2, 0.25) is 0 Å². The van der Waals surface area contributed by atoms with Gasteiger partial charge in [0.05, 0.1) is 11.6 Å². The van der Waals surface area contributed by atoms with E-state index in [-0.39, 0.29) is 23.6 Å². The van der Waals surface area contributed by atoms with Crippen molar-refractivity contribution in [3.05, 3.63) is 105 Å². The first-order valence-electron chi connectivity index (χ1n) is 9.43. The van der Waals surface area contributed by atoms with Crippen LogP contribution in [-0.4, -0.2) is 26.8 Å². The minimum absolute atomic E-state index is 0.0301. The average Bonchev–Trinajstić information content (AvgIpc) is 3.00. The predicted molar refractivity (Wildman–Crippen MR) is 116 cm³/mol. The summed E-state index contributed by atoms with van der Waals surface area (Å²) in [6, 6.07) is 17.6. The highest BCUT2D eigenvalue weighted by Gasteiger charge is 2.46. The summed E-state index contributed by atoms with van der Waals surface area (Å²) in [6.07, 6.45) is 0. The van der Waals surface area contributed by atoms with E-state index >= 15 is 0 Å². The van der Waals surface area contributed by atoms with Gasteiger partial charge in [0.25, 0.3) is 11.7 Å². The fourth-order valence-corrected chi connectivity index (χ4v) is 3.90. The van der Waals surface area contributed by atoms with Crippen LogP contribution >= 0.6 is 15.9 Å². The molecule has 0 aliphatic carbocycles. The quantitative estimate of drug-likeness (QED) is 0.315. The number of ketones is 1. The van der Waals surface area contributed by atoms with Crippen molar-refractivity contribution >= 4 is 33.4 Å². The second-order valence-corrected chi connectivity index (χ2v) is 8.07. The fourth-order valence-electron chi connectivity index (χ4n) is 3.63. The first-order valence-corrected chi connectivity index (χ1v) is 10.2. The Morgan fingerprint density at radius 3 is 2.32 bits per heavy atom. The Labute approximate surface area is 186 Å². The molecule has 3 aromatic rings. The van der Waals surface area contributed by atoms with E-state index in [0.717, 1.165) is 4.47 Å². The van der Waals surface area contributed by atoms with Crippen molar-refractivity contribution in [3.63, 3.8) is 0 Å². The number of aliphatic hydroxyl groups excluding tert-OH is 1. The number of phenolic OH excluding ortho intramolecular Hbond substituents is 1. The second-order valence-electron chi connectivity index (χ2n) is 7.16. The zero-order valence-electron chi connectivity index (χ0n) is 16.1. The third-order valence-electron chi connectivity index (χ3n) is 5.11. The lowest BCUT2D eigenvalue weighted by Crippen LogP contribution is -2.29. The Morgan fingerprint density at radius 2 is 1.68 bits per heavy atom. The van der Waals surface area contributed by atoms with Crippen molar-refractivity contribution in [2.45, 2.75) is 12.6 Å². The lowest BCUT2D eigenvalue weighted by atomic mass is 9.95. The molecule has 0 radical (unpaired) electrons. The summed E-state index contributed by atoms with van der Waals surface area (Å²) in [5, 5.41) is 20.9. The molecule has 2 N–H and O–H groups in total. The van der Waals surface area contributed by atoms with E-state index in [1.807, 2.05) is 0 Å². The number of nitrogens with zero attached hydrogens (tertiary/aromatic N) is 1. The maximum Gasteiger partial charge on any atom is 0.295 e. The van der Waals surface area contributed by atoms with Crippen LogP contribution in [-0.2, 0) is 16.1 Å². The molecule has 3 aromatic carbocycles. The molecule has 5 nitrogen and oxygen atoms in total. The van der Waals surface area contributed by atoms with E-state index in [9.17, 15) is 24.2 Å². The molecule has 1 unspecified atom stereocenters. The van der Waals surface area contributed by atoms with Crippen molar-refractivity contribution in [1.29, 1.82) is 0 Å². The number of rotatable bonds is 4. The lowest BCUT2D eigenvalue weighted by Gasteiger charge is -2.25. The number of carbonyl (C=O) groups excluding carboxylic acids is 2. The Morgan fingerprint density at radius 1 is 1.00 bits per heavy atom. The third kappa shape index (κ3) is 4.09. The van der Waals surface area contributed by atoms with E-state index in [1.165, 1.54) is 41.3 Å². The molecule has 1 aliphatic rings. The highest BCUT2D eigenvalue weighted by Crippen LogP contribution is 2.41. The molecule has 1 atom stereocenters. The van der Waals surface area contributed by atoms with Gasteiger partial charge in [-0.2, -0.15) is 0 Å². The molecule has 4 rings (SSSR count). The number of phenols is 1. The molecule has 31 heavy (non-hydrogen) atoms. The molecule has 7 heteroatoms. The minimum Gasteiger partial charge on any atom is -0.508 e. The van der Waals surface area contributed by atoms with Crippen LogP contribution in [0, 0.1) is 5.82 Å². The highest BCUT2D eigenvalue weighted by molar-refractivity contribution is 9.10. The summed E-state index contributed by atoms with van der Waals surface area (Å²) in [4.78, 5) is 27.2. The number of hydrogen-bond donors (Lipinski definition) is 2. The largest absolute Gasteiger partial charge is 0.508 e. The van der Waals surface area contributed by atoms with E-state index in [2.05, 4.69) is 15.9 Å². The monoisotopic (exact) mass is 481 g/mol. The van der Waals surface area contributed by atoms with E-state index in [1.54, 1.807) is 36.4 Å². The average molecular weight is 482 g/mol. The molecular formula is C24H17BrFNO4. The molecule has 156 valence electrons. The number of amides is 1. The fraction of sp³-hybridized carbons (Fsp3) is 0.0833.